The topological polar surface area (TPSA) is 60.5 Å². The summed E-state index contributed by atoms with van der Waals surface area (Å²) in [6.45, 7) is 7.84. The van der Waals surface area contributed by atoms with E-state index < -0.39 is 0 Å². The Morgan fingerprint density at radius 2 is 1.81 bits per heavy atom. The molecule has 0 radical (unpaired) electrons. The van der Waals surface area contributed by atoms with Crippen LogP contribution in [0.2, 0.25) is 5.02 Å². The highest BCUT2D eigenvalue weighted by molar-refractivity contribution is 6.34. The van der Waals surface area contributed by atoms with Gasteiger partial charge in [0, 0.05) is 68.6 Å². The third-order valence-electron chi connectivity index (χ3n) is 7.61. The fourth-order valence-corrected chi connectivity index (χ4v) is 5.90. The Kier molecular flexibility index (Phi) is 7.51. The summed E-state index contributed by atoms with van der Waals surface area (Å²) in [6, 6.07) is 3.98. The zero-order valence-electron chi connectivity index (χ0n) is 21.2. The molecule has 0 spiro atoms. The number of fused-ring (bicyclic) bond motifs is 1. The Morgan fingerprint density at radius 1 is 1.03 bits per heavy atom. The second kappa shape index (κ2) is 11.0. The van der Waals surface area contributed by atoms with Crippen LogP contribution in [-0.4, -0.2) is 60.0 Å². The molecule has 2 fully saturated rings. The molecule has 1 atom stereocenters. The predicted octanol–water partition coefficient (Wildman–Crippen LogP) is 4.30. The largest absolute Gasteiger partial charge is 0.388 e. The monoisotopic (exact) mass is 505 g/mol. The molecule has 5 rings (SSSR count). The van der Waals surface area contributed by atoms with Gasteiger partial charge in [-0.05, 0) is 67.5 Å². The molecular weight excluding hydrogens is 470 g/mol. The van der Waals surface area contributed by atoms with Gasteiger partial charge in [-0.2, -0.15) is 0 Å². The van der Waals surface area contributed by atoms with E-state index in [4.69, 9.17) is 11.6 Å². The van der Waals surface area contributed by atoms with E-state index in [1.165, 1.54) is 16.9 Å². The van der Waals surface area contributed by atoms with Crippen molar-refractivity contribution < 1.29 is 4.79 Å². The lowest BCUT2D eigenvalue weighted by atomic mass is 10.00. The van der Waals surface area contributed by atoms with Gasteiger partial charge in [0.05, 0.1) is 16.3 Å². The van der Waals surface area contributed by atoms with E-state index in [1.54, 1.807) is 0 Å². The molecule has 1 amide bonds. The Bertz CT molecular complexity index is 1270. The molecule has 190 valence electrons. The molecule has 6 nitrogen and oxygen atoms in total. The lowest BCUT2D eigenvalue weighted by Crippen LogP contribution is -2.43. The van der Waals surface area contributed by atoms with Gasteiger partial charge in [-0.3, -0.25) is 9.78 Å². The summed E-state index contributed by atoms with van der Waals surface area (Å²) in [4.78, 5) is 22.3. The number of hydrogen-bond acceptors (Lipinski definition) is 5. The number of nitrogens with one attached hydrogen (secondary N) is 2. The molecule has 1 aromatic carbocycles. The fourth-order valence-electron chi connectivity index (χ4n) is 5.62. The smallest absolute Gasteiger partial charge is 0.256 e. The van der Waals surface area contributed by atoms with Crippen molar-refractivity contribution in [2.75, 3.05) is 43.9 Å². The minimum absolute atomic E-state index is 0.0575. The van der Waals surface area contributed by atoms with E-state index in [0.29, 0.717) is 10.6 Å². The van der Waals surface area contributed by atoms with E-state index in [9.17, 15) is 4.79 Å². The van der Waals surface area contributed by atoms with Gasteiger partial charge in [0.25, 0.3) is 5.91 Å². The van der Waals surface area contributed by atoms with Crippen LogP contribution in [0, 0.1) is 0 Å². The number of halogens is 1. The van der Waals surface area contributed by atoms with Crippen molar-refractivity contribution in [1.29, 1.82) is 0 Å². The fraction of sp³-hybridized carbons (Fsp3) is 0.448. The highest BCUT2D eigenvalue weighted by atomic mass is 35.5. The SMILES string of the molecule is C=C(c1cncc2c1=CCCC=2)N1CCCC(Nc2c(Cl)cc(NC)cc2C(=O)N2CCCCC2)C1. The zero-order valence-corrected chi connectivity index (χ0v) is 21.9. The number of aromatic nitrogens is 1. The normalized spacial score (nSPS) is 19.6. The summed E-state index contributed by atoms with van der Waals surface area (Å²) in [6.07, 6.45) is 15.9. The number of piperidine rings is 2. The van der Waals surface area contributed by atoms with Crippen molar-refractivity contribution in [2.24, 2.45) is 0 Å². The first-order chi connectivity index (χ1) is 17.5. The molecule has 2 N–H and O–H groups in total. The maximum absolute atomic E-state index is 13.5. The van der Waals surface area contributed by atoms with Crippen LogP contribution in [0.1, 0.15) is 60.9 Å². The molecule has 1 aliphatic carbocycles. The first-order valence-corrected chi connectivity index (χ1v) is 13.6. The van der Waals surface area contributed by atoms with Crippen molar-refractivity contribution >= 4 is 46.7 Å². The molecule has 1 unspecified atom stereocenters. The third-order valence-corrected chi connectivity index (χ3v) is 7.91. The van der Waals surface area contributed by atoms with Gasteiger partial charge in [-0.15, -0.1) is 0 Å². The van der Waals surface area contributed by atoms with E-state index in [0.717, 1.165) is 87.3 Å². The Morgan fingerprint density at radius 3 is 2.61 bits per heavy atom. The van der Waals surface area contributed by atoms with Crippen LogP contribution in [-0.2, 0) is 0 Å². The quantitative estimate of drug-likeness (QED) is 0.612. The maximum Gasteiger partial charge on any atom is 0.256 e. The Balaban J connectivity index is 1.38. The van der Waals surface area contributed by atoms with Gasteiger partial charge < -0.3 is 20.4 Å². The van der Waals surface area contributed by atoms with Crippen molar-refractivity contribution in [1.82, 2.24) is 14.8 Å². The van der Waals surface area contributed by atoms with Gasteiger partial charge in [-0.1, -0.05) is 30.3 Å². The molecule has 7 heteroatoms. The van der Waals surface area contributed by atoms with Crippen LogP contribution in [0.25, 0.3) is 17.8 Å². The summed E-state index contributed by atoms with van der Waals surface area (Å²) in [7, 11) is 1.85. The first kappa shape index (κ1) is 24.7. The lowest BCUT2D eigenvalue weighted by molar-refractivity contribution is 0.0725. The van der Waals surface area contributed by atoms with Gasteiger partial charge in [0.15, 0.2) is 0 Å². The molecule has 0 bridgehead atoms. The van der Waals surface area contributed by atoms with Crippen molar-refractivity contribution in [2.45, 2.75) is 51.0 Å². The summed E-state index contributed by atoms with van der Waals surface area (Å²) in [5, 5.41) is 9.83. The average molecular weight is 506 g/mol. The number of amides is 1. The standard InChI is InChI=1S/C29H36ClN5O/c1-20(26-18-32-17-21-9-4-5-11-24(21)26)35-14-8-10-22(19-35)33-28-25(15-23(31-2)16-27(28)30)29(36)34-12-6-3-7-13-34/h9,11,15-18,22,31,33H,1,3-8,10,12-14,19H2,2H3. The minimum Gasteiger partial charge on any atom is -0.388 e. The average Bonchev–Trinajstić information content (AvgIpc) is 2.93. The van der Waals surface area contributed by atoms with Gasteiger partial charge in [0.2, 0.25) is 0 Å². The lowest BCUT2D eigenvalue weighted by Gasteiger charge is -2.37. The summed E-state index contributed by atoms with van der Waals surface area (Å²) >= 11 is 6.77. The number of anilines is 2. The highest BCUT2D eigenvalue weighted by Gasteiger charge is 2.27. The van der Waals surface area contributed by atoms with Crippen molar-refractivity contribution in [3.8, 4) is 0 Å². The third kappa shape index (κ3) is 5.10. The molecule has 1 aromatic heterocycles. The van der Waals surface area contributed by atoms with Crippen LogP contribution in [0.3, 0.4) is 0 Å². The molecule has 2 aromatic rings. The number of nitrogens with zero attached hydrogens (tertiary/aromatic N) is 3. The van der Waals surface area contributed by atoms with E-state index in [-0.39, 0.29) is 11.9 Å². The molecule has 36 heavy (non-hydrogen) atoms. The van der Waals surface area contributed by atoms with Crippen LogP contribution >= 0.6 is 11.6 Å². The number of carbonyl (C=O) groups excluding carboxylic acids is 1. The minimum atomic E-state index is 0.0575. The summed E-state index contributed by atoms with van der Waals surface area (Å²) in [5.41, 5.74) is 4.36. The molecule has 0 saturated carbocycles. The number of pyridine rings is 1. The second-order valence-corrected chi connectivity index (χ2v) is 10.4. The second-order valence-electron chi connectivity index (χ2n) is 10.0. The van der Waals surface area contributed by atoms with E-state index in [1.807, 2.05) is 36.5 Å². The van der Waals surface area contributed by atoms with Crippen LogP contribution < -0.4 is 21.1 Å². The Labute approximate surface area is 218 Å². The number of rotatable bonds is 6. The Hall–Kier alpha value is -2.99. The van der Waals surface area contributed by atoms with Crippen molar-refractivity contribution in [3.05, 3.63) is 57.7 Å². The van der Waals surface area contributed by atoms with Gasteiger partial charge in [0.1, 0.15) is 0 Å². The molecule has 2 saturated heterocycles. The molecule has 3 heterocycles. The van der Waals surface area contributed by atoms with Crippen molar-refractivity contribution in [3.63, 3.8) is 0 Å². The van der Waals surface area contributed by atoms with E-state index >= 15 is 0 Å². The molecule has 3 aliphatic rings. The number of carbonyl (C=O) groups is 1. The maximum atomic E-state index is 13.5. The van der Waals surface area contributed by atoms with E-state index in [2.05, 4.69) is 39.2 Å². The summed E-state index contributed by atoms with van der Waals surface area (Å²) in [5.74, 6) is 0.0575. The van der Waals surface area contributed by atoms with Gasteiger partial charge in [-0.25, -0.2) is 0 Å². The number of likely N-dealkylation sites (tertiary alicyclic amines) is 2. The van der Waals surface area contributed by atoms with Crippen LogP contribution in [0.15, 0.2) is 31.1 Å². The highest BCUT2D eigenvalue weighted by Crippen LogP contribution is 2.34. The summed E-state index contributed by atoms with van der Waals surface area (Å²) < 4.78 is 0. The number of hydrogen-bond donors (Lipinski definition) is 2. The molecular formula is C29H36ClN5O. The molecule has 2 aliphatic heterocycles. The zero-order chi connectivity index (χ0) is 25.1. The number of benzene rings is 1. The van der Waals surface area contributed by atoms with Crippen LogP contribution in [0.4, 0.5) is 11.4 Å². The predicted molar refractivity (Wildman–Crippen MR) is 150 cm³/mol. The van der Waals surface area contributed by atoms with Gasteiger partial charge >= 0.3 is 0 Å². The first-order valence-electron chi connectivity index (χ1n) is 13.2. The van der Waals surface area contributed by atoms with Crippen LogP contribution in [0.5, 0.6) is 0 Å².